The highest BCUT2D eigenvalue weighted by Crippen LogP contribution is 2.30. The van der Waals surface area contributed by atoms with Crippen LogP contribution < -0.4 is 0 Å². The average Bonchev–Trinajstić information content (AvgIpc) is 2.99. The molecule has 1 aromatic carbocycles. The van der Waals surface area contributed by atoms with E-state index in [1.165, 1.54) is 12.7 Å². The van der Waals surface area contributed by atoms with Crippen LogP contribution in [0.2, 0.25) is 0 Å². The smallest absolute Gasteiger partial charge is 0.337 e. The van der Waals surface area contributed by atoms with Crippen molar-refractivity contribution in [2.75, 3.05) is 40.1 Å². The summed E-state index contributed by atoms with van der Waals surface area (Å²) in [5, 5.41) is 0. The molecule has 0 unspecified atom stereocenters. The molecule has 1 atom stereocenters. The monoisotopic (exact) mass is 291 g/mol. The number of nitrogens with zero attached hydrogens (tertiary/aromatic N) is 1. The summed E-state index contributed by atoms with van der Waals surface area (Å²) in [5.74, 6) is -0.298. The molecule has 2 aliphatic heterocycles. The Hall–Kier alpha value is -1.43. The predicted molar refractivity (Wildman–Crippen MR) is 77.2 cm³/mol. The average molecular weight is 291 g/mol. The number of carbonyl (C=O) groups is 1. The fourth-order valence-corrected chi connectivity index (χ4v) is 3.06. The Labute approximate surface area is 124 Å². The van der Waals surface area contributed by atoms with E-state index in [9.17, 15) is 4.79 Å². The Balaban J connectivity index is 1.71. The molecule has 2 saturated heterocycles. The van der Waals surface area contributed by atoms with Crippen molar-refractivity contribution < 1.29 is 19.0 Å². The zero-order chi connectivity index (χ0) is 14.7. The van der Waals surface area contributed by atoms with Gasteiger partial charge in [0.15, 0.2) is 0 Å². The highest BCUT2D eigenvalue weighted by Gasteiger charge is 2.42. The Morgan fingerprint density at radius 2 is 1.95 bits per heavy atom. The van der Waals surface area contributed by atoms with E-state index in [0.717, 1.165) is 45.9 Å². The zero-order valence-corrected chi connectivity index (χ0v) is 12.3. The number of methoxy groups -OCH3 is 1. The highest BCUT2D eigenvalue weighted by molar-refractivity contribution is 5.89. The van der Waals surface area contributed by atoms with Gasteiger partial charge in [0.1, 0.15) is 0 Å². The van der Waals surface area contributed by atoms with Crippen molar-refractivity contribution in [3.63, 3.8) is 0 Å². The first-order valence-electron chi connectivity index (χ1n) is 7.31. The minimum Gasteiger partial charge on any atom is -0.465 e. The Morgan fingerprint density at radius 3 is 2.62 bits per heavy atom. The molecule has 3 rings (SSSR count). The van der Waals surface area contributed by atoms with Crippen LogP contribution in [0.25, 0.3) is 0 Å². The zero-order valence-electron chi connectivity index (χ0n) is 12.3. The van der Waals surface area contributed by atoms with E-state index >= 15 is 0 Å². The first-order valence-corrected chi connectivity index (χ1v) is 7.31. The lowest BCUT2D eigenvalue weighted by molar-refractivity contribution is -0.0749. The van der Waals surface area contributed by atoms with Gasteiger partial charge in [0.05, 0.1) is 38.0 Å². The van der Waals surface area contributed by atoms with Crippen LogP contribution in [0.5, 0.6) is 0 Å². The highest BCUT2D eigenvalue weighted by atomic mass is 16.5. The molecule has 0 aromatic heterocycles. The molecule has 1 aromatic rings. The maximum absolute atomic E-state index is 11.5. The van der Waals surface area contributed by atoms with Crippen molar-refractivity contribution in [1.82, 2.24) is 4.90 Å². The van der Waals surface area contributed by atoms with Crippen LogP contribution in [0, 0.1) is 0 Å². The molecule has 5 nitrogen and oxygen atoms in total. The summed E-state index contributed by atoms with van der Waals surface area (Å²) in [6, 6.07) is 7.62. The molecule has 1 spiro atoms. The van der Waals surface area contributed by atoms with E-state index in [1.54, 1.807) is 0 Å². The molecule has 2 fully saturated rings. The lowest BCUT2D eigenvalue weighted by Crippen LogP contribution is -2.56. The third-order valence-corrected chi connectivity index (χ3v) is 4.38. The summed E-state index contributed by atoms with van der Waals surface area (Å²) < 4.78 is 16.0. The predicted octanol–water partition coefficient (Wildman–Crippen LogP) is 1.46. The second kappa shape index (κ2) is 6.13. The second-order valence-electron chi connectivity index (χ2n) is 5.69. The van der Waals surface area contributed by atoms with Gasteiger partial charge in [-0.25, -0.2) is 4.79 Å². The molecule has 0 bridgehead atoms. The standard InChI is InChI=1S/C16H21NO4/c1-19-15(18)14-4-2-13(3-5-14)10-17-7-9-21-12-16(17)6-8-20-11-16/h2-5H,6-12H2,1H3/t16-/m1/s1. The summed E-state index contributed by atoms with van der Waals surface area (Å²) >= 11 is 0. The third kappa shape index (κ3) is 2.95. The first kappa shape index (κ1) is 14.5. The van der Waals surface area contributed by atoms with E-state index in [-0.39, 0.29) is 11.5 Å². The van der Waals surface area contributed by atoms with Crippen LogP contribution in [0.1, 0.15) is 22.3 Å². The van der Waals surface area contributed by atoms with E-state index in [1.807, 2.05) is 24.3 Å². The minimum absolute atomic E-state index is 0.0271. The van der Waals surface area contributed by atoms with Gasteiger partial charge in [0.25, 0.3) is 0 Å². The maximum Gasteiger partial charge on any atom is 0.337 e. The van der Waals surface area contributed by atoms with Gasteiger partial charge in [-0.15, -0.1) is 0 Å². The molecule has 2 aliphatic rings. The van der Waals surface area contributed by atoms with Gasteiger partial charge >= 0.3 is 5.97 Å². The largest absolute Gasteiger partial charge is 0.465 e. The van der Waals surface area contributed by atoms with Crippen LogP contribution >= 0.6 is 0 Å². The third-order valence-electron chi connectivity index (χ3n) is 4.38. The number of morpholine rings is 1. The van der Waals surface area contributed by atoms with Crippen LogP contribution in [-0.4, -0.2) is 56.5 Å². The molecule has 114 valence electrons. The molecule has 0 aliphatic carbocycles. The Morgan fingerprint density at radius 1 is 1.24 bits per heavy atom. The van der Waals surface area contributed by atoms with Crippen molar-refractivity contribution >= 4 is 5.97 Å². The topological polar surface area (TPSA) is 48.0 Å². The summed E-state index contributed by atoms with van der Waals surface area (Å²) in [4.78, 5) is 13.9. The maximum atomic E-state index is 11.5. The number of hydrogen-bond donors (Lipinski definition) is 0. The molecule has 0 N–H and O–H groups in total. The SMILES string of the molecule is COC(=O)c1ccc(CN2CCOC[C@]23CCOC3)cc1. The van der Waals surface area contributed by atoms with Gasteiger partial charge in [-0.05, 0) is 24.1 Å². The Kier molecular flexibility index (Phi) is 4.24. The quantitative estimate of drug-likeness (QED) is 0.789. The summed E-state index contributed by atoms with van der Waals surface area (Å²) in [6.07, 6.45) is 1.02. The van der Waals surface area contributed by atoms with Crippen molar-refractivity contribution in [2.45, 2.75) is 18.5 Å². The van der Waals surface area contributed by atoms with Gasteiger partial charge < -0.3 is 14.2 Å². The van der Waals surface area contributed by atoms with Gasteiger partial charge in [-0.1, -0.05) is 12.1 Å². The second-order valence-corrected chi connectivity index (χ2v) is 5.69. The van der Waals surface area contributed by atoms with E-state index in [2.05, 4.69) is 4.90 Å². The fourth-order valence-electron chi connectivity index (χ4n) is 3.06. The summed E-state index contributed by atoms with van der Waals surface area (Å²) in [5.41, 5.74) is 1.80. The van der Waals surface area contributed by atoms with Crippen molar-refractivity contribution in [2.24, 2.45) is 0 Å². The molecule has 0 amide bonds. The number of rotatable bonds is 3. The lowest BCUT2D eigenvalue weighted by atomic mass is 9.95. The van der Waals surface area contributed by atoms with Crippen molar-refractivity contribution in [3.8, 4) is 0 Å². The van der Waals surface area contributed by atoms with Gasteiger partial charge in [-0.2, -0.15) is 0 Å². The van der Waals surface area contributed by atoms with Crippen molar-refractivity contribution in [3.05, 3.63) is 35.4 Å². The van der Waals surface area contributed by atoms with Gasteiger partial charge in [0.2, 0.25) is 0 Å². The van der Waals surface area contributed by atoms with E-state index < -0.39 is 0 Å². The molecular formula is C16H21NO4. The number of ether oxygens (including phenoxy) is 3. The summed E-state index contributed by atoms with van der Waals surface area (Å²) in [7, 11) is 1.40. The van der Waals surface area contributed by atoms with Crippen LogP contribution in [0.3, 0.4) is 0 Å². The molecule has 0 radical (unpaired) electrons. The molecular weight excluding hydrogens is 270 g/mol. The molecule has 2 heterocycles. The van der Waals surface area contributed by atoms with Crippen LogP contribution in [-0.2, 0) is 20.8 Å². The van der Waals surface area contributed by atoms with E-state index in [0.29, 0.717) is 5.56 Å². The number of esters is 1. The molecule has 21 heavy (non-hydrogen) atoms. The fraction of sp³-hybridized carbons (Fsp3) is 0.562. The number of carbonyl (C=O) groups excluding carboxylic acids is 1. The minimum atomic E-state index is -0.298. The van der Waals surface area contributed by atoms with E-state index in [4.69, 9.17) is 14.2 Å². The van der Waals surface area contributed by atoms with Crippen molar-refractivity contribution in [1.29, 1.82) is 0 Å². The lowest BCUT2D eigenvalue weighted by Gasteiger charge is -2.43. The summed E-state index contributed by atoms with van der Waals surface area (Å²) in [6.45, 7) is 4.83. The number of hydrogen-bond acceptors (Lipinski definition) is 5. The van der Waals surface area contributed by atoms with Gasteiger partial charge in [0, 0.05) is 19.7 Å². The normalized spacial score (nSPS) is 26.1. The molecule has 0 saturated carbocycles. The Bertz CT molecular complexity index is 494. The first-order chi connectivity index (χ1) is 10.2. The molecule has 5 heteroatoms. The van der Waals surface area contributed by atoms with Crippen LogP contribution in [0.15, 0.2) is 24.3 Å². The van der Waals surface area contributed by atoms with Crippen LogP contribution in [0.4, 0.5) is 0 Å². The number of benzene rings is 1. The van der Waals surface area contributed by atoms with Gasteiger partial charge in [-0.3, -0.25) is 4.90 Å².